The highest BCUT2D eigenvalue weighted by Crippen LogP contribution is 2.33. The summed E-state index contributed by atoms with van der Waals surface area (Å²) in [5.41, 5.74) is 0. The van der Waals surface area contributed by atoms with Gasteiger partial charge in [-0.25, -0.2) is 8.42 Å². The lowest BCUT2D eigenvalue weighted by atomic mass is 10.3. The summed E-state index contributed by atoms with van der Waals surface area (Å²) in [5, 5.41) is 0. The predicted octanol–water partition coefficient (Wildman–Crippen LogP) is 3.33. The predicted molar refractivity (Wildman–Crippen MR) is 112 cm³/mol. The summed E-state index contributed by atoms with van der Waals surface area (Å²) in [6, 6.07) is 15.2. The number of furan rings is 1. The van der Waals surface area contributed by atoms with E-state index in [0.29, 0.717) is 42.0 Å². The molecule has 2 heterocycles. The Morgan fingerprint density at radius 1 is 0.968 bits per heavy atom. The van der Waals surface area contributed by atoms with E-state index >= 15 is 0 Å². The van der Waals surface area contributed by atoms with Gasteiger partial charge in [0.1, 0.15) is 37.1 Å². The van der Waals surface area contributed by atoms with Gasteiger partial charge in [0.25, 0.3) is 0 Å². The van der Waals surface area contributed by atoms with Crippen LogP contribution in [0.15, 0.2) is 70.2 Å². The van der Waals surface area contributed by atoms with Crippen molar-refractivity contribution in [3.63, 3.8) is 0 Å². The molecular formula is C22H23NO7S. The zero-order valence-electron chi connectivity index (χ0n) is 17.0. The van der Waals surface area contributed by atoms with Gasteiger partial charge in [-0.3, -0.25) is 0 Å². The Labute approximate surface area is 180 Å². The van der Waals surface area contributed by atoms with Gasteiger partial charge < -0.3 is 23.4 Å². The first-order valence-corrected chi connectivity index (χ1v) is 11.2. The summed E-state index contributed by atoms with van der Waals surface area (Å²) in [4.78, 5) is 0.118. The van der Waals surface area contributed by atoms with Crippen LogP contribution in [0.25, 0.3) is 0 Å². The highest BCUT2D eigenvalue weighted by molar-refractivity contribution is 7.89. The maximum absolute atomic E-state index is 13.4. The van der Waals surface area contributed by atoms with Crippen LogP contribution in [0.5, 0.6) is 23.0 Å². The minimum absolute atomic E-state index is 0.0791. The van der Waals surface area contributed by atoms with E-state index in [1.165, 1.54) is 22.7 Å². The third-order valence-corrected chi connectivity index (χ3v) is 6.57. The van der Waals surface area contributed by atoms with E-state index in [0.717, 1.165) is 0 Å². The van der Waals surface area contributed by atoms with Crippen molar-refractivity contribution in [2.45, 2.75) is 11.4 Å². The molecule has 1 aliphatic heterocycles. The average Bonchev–Trinajstić information content (AvgIpc) is 3.32. The van der Waals surface area contributed by atoms with Crippen LogP contribution in [0, 0.1) is 0 Å². The van der Waals surface area contributed by atoms with E-state index in [2.05, 4.69) is 0 Å². The summed E-state index contributed by atoms with van der Waals surface area (Å²) < 4.78 is 55.4. The number of methoxy groups -OCH3 is 1. The SMILES string of the molecule is COc1ccc(OCCN(Cc2ccco2)S(=O)(=O)c2ccc3c(c2)OCCO3)cc1. The first-order chi connectivity index (χ1) is 15.1. The van der Waals surface area contributed by atoms with Crippen LogP contribution in [0.1, 0.15) is 5.76 Å². The lowest BCUT2D eigenvalue weighted by Gasteiger charge is -2.23. The molecular weight excluding hydrogens is 422 g/mol. The Kier molecular flexibility index (Phi) is 6.34. The Balaban J connectivity index is 1.52. The molecule has 0 fully saturated rings. The van der Waals surface area contributed by atoms with Crippen molar-refractivity contribution in [1.29, 1.82) is 0 Å². The monoisotopic (exact) mass is 445 g/mol. The summed E-state index contributed by atoms with van der Waals surface area (Å²) in [6.45, 7) is 1.19. The van der Waals surface area contributed by atoms with Gasteiger partial charge in [-0.2, -0.15) is 4.31 Å². The van der Waals surface area contributed by atoms with Gasteiger partial charge in [-0.05, 0) is 48.5 Å². The fraction of sp³-hybridized carbons (Fsp3) is 0.273. The molecule has 0 saturated carbocycles. The fourth-order valence-corrected chi connectivity index (χ4v) is 4.54. The highest BCUT2D eigenvalue weighted by Gasteiger charge is 2.27. The molecule has 31 heavy (non-hydrogen) atoms. The van der Waals surface area contributed by atoms with Gasteiger partial charge in [0.2, 0.25) is 10.0 Å². The van der Waals surface area contributed by atoms with Gasteiger partial charge >= 0.3 is 0 Å². The second kappa shape index (κ2) is 9.32. The second-order valence-electron chi connectivity index (χ2n) is 6.75. The standard InChI is InChI=1S/C22H23NO7S/c1-26-17-4-6-18(7-5-17)28-12-10-23(16-19-3-2-11-27-19)31(24,25)20-8-9-21-22(15-20)30-14-13-29-21/h2-9,11,15H,10,12-14,16H2,1H3. The fourth-order valence-electron chi connectivity index (χ4n) is 3.13. The zero-order chi connectivity index (χ0) is 21.7. The molecule has 1 aromatic heterocycles. The molecule has 2 aromatic carbocycles. The number of sulfonamides is 1. The van der Waals surface area contributed by atoms with Crippen LogP contribution in [-0.2, 0) is 16.6 Å². The summed E-state index contributed by atoms with van der Waals surface area (Å²) >= 11 is 0. The molecule has 4 rings (SSSR count). The third-order valence-electron chi connectivity index (χ3n) is 4.73. The minimum Gasteiger partial charge on any atom is -0.497 e. The molecule has 0 unspecified atom stereocenters. The maximum atomic E-state index is 13.4. The molecule has 0 radical (unpaired) electrons. The number of nitrogens with zero attached hydrogens (tertiary/aromatic N) is 1. The molecule has 0 bridgehead atoms. The Morgan fingerprint density at radius 2 is 1.71 bits per heavy atom. The van der Waals surface area contributed by atoms with Crippen LogP contribution >= 0.6 is 0 Å². The van der Waals surface area contributed by atoms with Crippen LogP contribution in [0.2, 0.25) is 0 Å². The van der Waals surface area contributed by atoms with Gasteiger partial charge in [0.05, 0.1) is 24.8 Å². The average molecular weight is 445 g/mol. The van der Waals surface area contributed by atoms with Crippen molar-refractivity contribution < 1.29 is 31.8 Å². The van der Waals surface area contributed by atoms with Crippen molar-refractivity contribution in [3.8, 4) is 23.0 Å². The van der Waals surface area contributed by atoms with Gasteiger partial charge in [0, 0.05) is 12.6 Å². The first kappa shape index (κ1) is 21.1. The van der Waals surface area contributed by atoms with E-state index in [9.17, 15) is 8.42 Å². The molecule has 0 aliphatic carbocycles. The van der Waals surface area contributed by atoms with E-state index in [1.807, 2.05) is 0 Å². The quantitative estimate of drug-likeness (QED) is 0.499. The second-order valence-corrected chi connectivity index (χ2v) is 8.69. The molecule has 164 valence electrons. The Morgan fingerprint density at radius 3 is 2.42 bits per heavy atom. The van der Waals surface area contributed by atoms with Gasteiger partial charge in [-0.1, -0.05) is 0 Å². The molecule has 1 aliphatic rings. The van der Waals surface area contributed by atoms with Crippen molar-refractivity contribution in [3.05, 3.63) is 66.6 Å². The largest absolute Gasteiger partial charge is 0.497 e. The van der Waals surface area contributed by atoms with Gasteiger partial charge in [-0.15, -0.1) is 0 Å². The normalized spacial score (nSPS) is 13.2. The first-order valence-electron chi connectivity index (χ1n) is 9.75. The van der Waals surface area contributed by atoms with Crippen LogP contribution in [-0.4, -0.2) is 46.2 Å². The van der Waals surface area contributed by atoms with Crippen LogP contribution in [0.4, 0.5) is 0 Å². The molecule has 0 spiro atoms. The smallest absolute Gasteiger partial charge is 0.243 e. The highest BCUT2D eigenvalue weighted by atomic mass is 32.2. The molecule has 8 nitrogen and oxygen atoms in total. The zero-order valence-corrected chi connectivity index (χ0v) is 17.8. The van der Waals surface area contributed by atoms with Crippen molar-refractivity contribution >= 4 is 10.0 Å². The summed E-state index contributed by atoms with van der Waals surface area (Å²) in [7, 11) is -2.25. The van der Waals surface area contributed by atoms with E-state index < -0.39 is 10.0 Å². The van der Waals surface area contributed by atoms with Crippen LogP contribution < -0.4 is 18.9 Å². The number of hydrogen-bond acceptors (Lipinski definition) is 7. The summed E-state index contributed by atoms with van der Waals surface area (Å²) in [6.07, 6.45) is 1.51. The lowest BCUT2D eigenvalue weighted by Crippen LogP contribution is -2.34. The van der Waals surface area contributed by atoms with Crippen molar-refractivity contribution in [2.75, 3.05) is 33.5 Å². The number of fused-ring (bicyclic) bond motifs is 1. The number of hydrogen-bond donors (Lipinski definition) is 0. The molecule has 0 N–H and O–H groups in total. The minimum atomic E-state index is -3.84. The lowest BCUT2D eigenvalue weighted by molar-refractivity contribution is 0.171. The van der Waals surface area contributed by atoms with E-state index in [-0.39, 0.29) is 24.6 Å². The molecule has 9 heteroatoms. The number of rotatable bonds is 9. The van der Waals surface area contributed by atoms with E-state index in [4.69, 9.17) is 23.4 Å². The van der Waals surface area contributed by atoms with Crippen LogP contribution in [0.3, 0.4) is 0 Å². The van der Waals surface area contributed by atoms with E-state index in [1.54, 1.807) is 49.6 Å². The van der Waals surface area contributed by atoms with Gasteiger partial charge in [0.15, 0.2) is 11.5 Å². The molecule has 0 atom stereocenters. The Bertz CT molecular complexity index is 1100. The number of ether oxygens (including phenoxy) is 4. The maximum Gasteiger partial charge on any atom is 0.243 e. The van der Waals surface area contributed by atoms with Crippen molar-refractivity contribution in [1.82, 2.24) is 4.31 Å². The molecule has 0 amide bonds. The van der Waals surface area contributed by atoms with Crippen molar-refractivity contribution in [2.24, 2.45) is 0 Å². The summed E-state index contributed by atoms with van der Waals surface area (Å²) in [5.74, 6) is 2.82. The Hall–Kier alpha value is -3.17. The topological polar surface area (TPSA) is 87.4 Å². The number of benzene rings is 2. The third kappa shape index (κ3) is 4.95. The molecule has 3 aromatic rings. The molecule has 0 saturated heterocycles.